The SMILES string of the molecule is O=C1C=CO1.OOOCCOOO. The third-order valence-electron chi connectivity index (χ3n) is 0.744. The molecular formula is C5H8O8. The third-order valence-corrected chi connectivity index (χ3v) is 0.744. The van der Waals surface area contributed by atoms with Gasteiger partial charge in [0, 0.05) is 0 Å². The Morgan fingerprint density at radius 2 is 1.62 bits per heavy atom. The summed E-state index contributed by atoms with van der Waals surface area (Å²) >= 11 is 0. The second-order valence-corrected chi connectivity index (χ2v) is 1.53. The van der Waals surface area contributed by atoms with Gasteiger partial charge in [0.1, 0.15) is 19.5 Å². The van der Waals surface area contributed by atoms with Crippen molar-refractivity contribution in [3.63, 3.8) is 0 Å². The van der Waals surface area contributed by atoms with Crippen LogP contribution in [0.25, 0.3) is 0 Å². The number of hydrogen-bond donors (Lipinski definition) is 2. The van der Waals surface area contributed by atoms with Crippen LogP contribution in [0.2, 0.25) is 0 Å². The molecule has 2 N–H and O–H groups in total. The van der Waals surface area contributed by atoms with Gasteiger partial charge >= 0.3 is 5.97 Å². The minimum Gasteiger partial charge on any atom is -0.431 e. The van der Waals surface area contributed by atoms with Gasteiger partial charge in [-0.2, -0.15) is 0 Å². The van der Waals surface area contributed by atoms with Crippen LogP contribution in [0.3, 0.4) is 0 Å². The number of rotatable bonds is 5. The fourth-order valence-electron chi connectivity index (χ4n) is 0.266. The summed E-state index contributed by atoms with van der Waals surface area (Å²) in [4.78, 5) is 17.3. The van der Waals surface area contributed by atoms with Crippen molar-refractivity contribution in [3.05, 3.63) is 12.3 Å². The van der Waals surface area contributed by atoms with E-state index in [1.807, 2.05) is 0 Å². The average molecular weight is 196 g/mol. The van der Waals surface area contributed by atoms with E-state index in [9.17, 15) is 4.79 Å². The Kier molecular flexibility index (Phi) is 8.34. The molecular weight excluding hydrogens is 188 g/mol. The first kappa shape index (κ1) is 12.0. The van der Waals surface area contributed by atoms with E-state index in [1.54, 1.807) is 0 Å². The number of carbonyl (C=O) groups is 1. The minimum absolute atomic E-state index is 0.0307. The van der Waals surface area contributed by atoms with Crippen LogP contribution in [0.4, 0.5) is 0 Å². The molecule has 0 aromatic heterocycles. The lowest BCUT2D eigenvalue weighted by Gasteiger charge is -1.96. The summed E-state index contributed by atoms with van der Waals surface area (Å²) in [6, 6.07) is 0. The molecule has 8 heteroatoms. The van der Waals surface area contributed by atoms with Crippen LogP contribution in [0.1, 0.15) is 0 Å². The summed E-state index contributed by atoms with van der Waals surface area (Å²) in [5, 5.41) is 21.3. The Morgan fingerprint density at radius 3 is 1.77 bits per heavy atom. The van der Waals surface area contributed by atoms with Crippen molar-refractivity contribution in [1.82, 2.24) is 0 Å². The molecule has 0 aliphatic carbocycles. The summed E-state index contributed by atoms with van der Waals surface area (Å²) in [7, 11) is 0. The molecule has 0 spiro atoms. The van der Waals surface area contributed by atoms with Crippen molar-refractivity contribution in [2.24, 2.45) is 0 Å². The zero-order chi connectivity index (χ0) is 9.94. The fourth-order valence-corrected chi connectivity index (χ4v) is 0.266. The minimum atomic E-state index is -0.245. The van der Waals surface area contributed by atoms with Crippen LogP contribution in [-0.2, 0) is 29.4 Å². The molecule has 0 bridgehead atoms. The third kappa shape index (κ3) is 8.88. The summed E-state index contributed by atoms with van der Waals surface area (Å²) in [5.74, 6) is -0.245. The number of carbonyl (C=O) groups excluding carboxylic acids is 1. The molecule has 1 aliphatic rings. The quantitative estimate of drug-likeness (QED) is 0.271. The molecule has 0 atom stereocenters. The van der Waals surface area contributed by atoms with Crippen molar-refractivity contribution < 1.29 is 39.9 Å². The van der Waals surface area contributed by atoms with E-state index in [2.05, 4.69) is 24.6 Å². The van der Waals surface area contributed by atoms with Gasteiger partial charge in [-0.3, -0.25) is 0 Å². The molecule has 8 nitrogen and oxygen atoms in total. The molecule has 0 unspecified atom stereocenters. The van der Waals surface area contributed by atoms with E-state index in [1.165, 1.54) is 12.3 Å². The highest BCUT2D eigenvalue weighted by Gasteiger charge is 1.99. The van der Waals surface area contributed by atoms with Crippen molar-refractivity contribution in [2.75, 3.05) is 13.2 Å². The van der Waals surface area contributed by atoms with Gasteiger partial charge in [0.15, 0.2) is 0 Å². The first-order valence-corrected chi connectivity index (χ1v) is 3.04. The molecule has 0 aromatic carbocycles. The zero-order valence-electron chi connectivity index (χ0n) is 6.41. The van der Waals surface area contributed by atoms with Gasteiger partial charge in [-0.15, -0.1) is 0 Å². The number of ether oxygens (including phenoxy) is 1. The number of cyclic esters (lactones) is 1. The summed E-state index contributed by atoms with van der Waals surface area (Å²) in [6.45, 7) is -0.0614. The average Bonchev–Trinajstić information content (AvgIpc) is 2.10. The molecule has 1 aliphatic heterocycles. The molecule has 0 aromatic rings. The largest absolute Gasteiger partial charge is 0.431 e. The van der Waals surface area contributed by atoms with Crippen molar-refractivity contribution in [2.45, 2.75) is 0 Å². The lowest BCUT2D eigenvalue weighted by molar-refractivity contribution is -0.518. The Morgan fingerprint density at radius 1 is 1.23 bits per heavy atom. The maximum atomic E-state index is 9.59. The Bertz CT molecular complexity index is 149. The van der Waals surface area contributed by atoms with Gasteiger partial charge in [-0.05, 0) is 0 Å². The second-order valence-electron chi connectivity index (χ2n) is 1.53. The molecule has 0 saturated carbocycles. The Labute approximate surface area is 72.5 Å². The monoisotopic (exact) mass is 196 g/mol. The normalized spacial score (nSPS) is 12.6. The first-order valence-electron chi connectivity index (χ1n) is 3.04. The predicted octanol–water partition coefficient (Wildman–Crippen LogP) is -0.114. The standard InChI is InChI=1S/C3H2O2.C2H6O6/c4-3-1-2-5-3;3-7-5-1-2-6-8-4/h1-2H;3-4H,1-2H2. The molecule has 0 amide bonds. The Balaban J connectivity index is 0.000000243. The Hall–Kier alpha value is -1.03. The van der Waals surface area contributed by atoms with Gasteiger partial charge in [-0.25, -0.2) is 25.1 Å². The molecule has 1 heterocycles. The molecule has 0 saturated heterocycles. The van der Waals surface area contributed by atoms with Crippen LogP contribution >= 0.6 is 0 Å². The van der Waals surface area contributed by atoms with E-state index >= 15 is 0 Å². The predicted molar refractivity (Wildman–Crippen MR) is 34.6 cm³/mol. The van der Waals surface area contributed by atoms with Gasteiger partial charge in [-0.1, -0.05) is 10.1 Å². The lowest BCUT2D eigenvalue weighted by atomic mass is 10.6. The van der Waals surface area contributed by atoms with Crippen LogP contribution in [-0.4, -0.2) is 29.7 Å². The van der Waals surface area contributed by atoms with E-state index in [4.69, 9.17) is 10.5 Å². The zero-order valence-corrected chi connectivity index (χ0v) is 6.41. The molecule has 13 heavy (non-hydrogen) atoms. The van der Waals surface area contributed by atoms with Crippen molar-refractivity contribution in [1.29, 1.82) is 0 Å². The molecule has 0 radical (unpaired) electrons. The van der Waals surface area contributed by atoms with Crippen molar-refractivity contribution in [3.8, 4) is 0 Å². The van der Waals surface area contributed by atoms with Crippen LogP contribution in [0.5, 0.6) is 0 Å². The van der Waals surface area contributed by atoms with Gasteiger partial charge in [0.05, 0.1) is 6.08 Å². The summed E-state index contributed by atoms with van der Waals surface area (Å²) < 4.78 is 4.11. The first-order chi connectivity index (χ1) is 6.31. The summed E-state index contributed by atoms with van der Waals surface area (Å²) in [5.41, 5.74) is 0. The number of esters is 1. The van der Waals surface area contributed by atoms with Gasteiger partial charge in [0.25, 0.3) is 0 Å². The highest BCUT2D eigenvalue weighted by atomic mass is 17.5. The van der Waals surface area contributed by atoms with Crippen LogP contribution in [0, 0.1) is 0 Å². The fraction of sp³-hybridized carbons (Fsp3) is 0.400. The lowest BCUT2D eigenvalue weighted by Crippen LogP contribution is -2.02. The molecule has 0 fully saturated rings. The van der Waals surface area contributed by atoms with E-state index in [0.29, 0.717) is 0 Å². The number of hydrogen-bond acceptors (Lipinski definition) is 8. The van der Waals surface area contributed by atoms with Crippen LogP contribution < -0.4 is 0 Å². The van der Waals surface area contributed by atoms with Gasteiger partial charge in [0.2, 0.25) is 0 Å². The molecule has 76 valence electrons. The topological polar surface area (TPSA) is 104 Å². The van der Waals surface area contributed by atoms with Gasteiger partial charge < -0.3 is 4.74 Å². The summed E-state index contributed by atoms with van der Waals surface area (Å²) in [6.07, 6.45) is 2.71. The smallest absolute Gasteiger partial charge is 0.338 e. The van der Waals surface area contributed by atoms with Crippen molar-refractivity contribution >= 4 is 5.97 Å². The molecule has 1 rings (SSSR count). The van der Waals surface area contributed by atoms with Crippen LogP contribution in [0.15, 0.2) is 12.3 Å². The maximum absolute atomic E-state index is 9.59. The van der Waals surface area contributed by atoms with E-state index in [0.717, 1.165) is 0 Å². The maximum Gasteiger partial charge on any atom is 0.338 e. The van der Waals surface area contributed by atoms with E-state index in [-0.39, 0.29) is 19.2 Å². The highest BCUT2D eigenvalue weighted by Crippen LogP contribution is 1.91. The second kappa shape index (κ2) is 9.06. The van der Waals surface area contributed by atoms with E-state index < -0.39 is 0 Å². The highest BCUT2D eigenvalue weighted by molar-refractivity contribution is 5.86.